The molecule has 158 valence electrons. The summed E-state index contributed by atoms with van der Waals surface area (Å²) in [6, 6.07) is 5.36. The van der Waals surface area contributed by atoms with E-state index < -0.39 is 0 Å². The van der Waals surface area contributed by atoms with Crippen LogP contribution in [0.5, 0.6) is 0 Å². The maximum absolute atomic E-state index is 13.0. The van der Waals surface area contributed by atoms with Gasteiger partial charge in [0, 0.05) is 29.4 Å². The highest BCUT2D eigenvalue weighted by molar-refractivity contribution is 6.35. The molecule has 3 rings (SSSR count). The van der Waals surface area contributed by atoms with Crippen LogP contribution < -0.4 is 5.43 Å². The van der Waals surface area contributed by atoms with Crippen LogP contribution in [0.2, 0.25) is 10.0 Å². The summed E-state index contributed by atoms with van der Waals surface area (Å²) < 4.78 is 1.82. The molecule has 0 bridgehead atoms. The van der Waals surface area contributed by atoms with E-state index in [0.29, 0.717) is 21.7 Å². The number of halogens is 2. The molecule has 1 amide bonds. The van der Waals surface area contributed by atoms with E-state index in [2.05, 4.69) is 24.4 Å². The van der Waals surface area contributed by atoms with E-state index in [-0.39, 0.29) is 5.91 Å². The van der Waals surface area contributed by atoms with Crippen LogP contribution in [0.1, 0.15) is 67.7 Å². The molecule has 1 saturated heterocycles. The predicted octanol–water partition coefficient (Wildman–Crippen LogP) is 5.60. The predicted molar refractivity (Wildman–Crippen MR) is 119 cm³/mol. The summed E-state index contributed by atoms with van der Waals surface area (Å²) in [5.74, 6) is 0.478. The standard InChI is InChI=1S/C22H30Cl2N4O/c1-15(2)8-7-9-19-16(3)21(22(29)26-27-12-5-4-6-13-27)25-28(19)20-11-10-17(23)14-18(20)24/h10-11,14-15H,4-9,12-13H2,1-3H3,(H,26,29). The summed E-state index contributed by atoms with van der Waals surface area (Å²) in [4.78, 5) is 13.0. The highest BCUT2D eigenvalue weighted by atomic mass is 35.5. The molecule has 1 aromatic carbocycles. The molecule has 5 nitrogen and oxygen atoms in total. The first-order chi connectivity index (χ1) is 13.9. The number of amides is 1. The van der Waals surface area contributed by atoms with Crippen LogP contribution in [0.25, 0.3) is 5.69 Å². The molecule has 1 aliphatic rings. The lowest BCUT2D eigenvalue weighted by atomic mass is 10.0. The SMILES string of the molecule is Cc1c(C(=O)NN2CCCCC2)nn(-c2ccc(Cl)cc2Cl)c1CCCC(C)C. The Morgan fingerprint density at radius 2 is 1.93 bits per heavy atom. The third-order valence-corrected chi connectivity index (χ3v) is 5.95. The van der Waals surface area contributed by atoms with Crippen molar-refractivity contribution in [2.24, 2.45) is 5.92 Å². The molecule has 7 heteroatoms. The molecule has 0 unspecified atom stereocenters. The average Bonchev–Trinajstić information content (AvgIpc) is 2.99. The van der Waals surface area contributed by atoms with Gasteiger partial charge in [-0.05, 0) is 56.7 Å². The van der Waals surface area contributed by atoms with Gasteiger partial charge in [-0.3, -0.25) is 10.2 Å². The monoisotopic (exact) mass is 436 g/mol. The molecule has 2 heterocycles. The minimum atomic E-state index is -0.154. The normalized spacial score (nSPS) is 15.1. The fourth-order valence-electron chi connectivity index (χ4n) is 3.77. The number of aromatic nitrogens is 2. The van der Waals surface area contributed by atoms with Crippen LogP contribution in [0.4, 0.5) is 0 Å². The fourth-order valence-corrected chi connectivity index (χ4v) is 4.26. The van der Waals surface area contributed by atoms with Crippen molar-refractivity contribution in [1.82, 2.24) is 20.2 Å². The van der Waals surface area contributed by atoms with Crippen LogP contribution in [-0.4, -0.2) is 33.8 Å². The van der Waals surface area contributed by atoms with E-state index >= 15 is 0 Å². The lowest BCUT2D eigenvalue weighted by molar-refractivity contribution is 0.0743. The third-order valence-electron chi connectivity index (χ3n) is 5.41. The van der Waals surface area contributed by atoms with Gasteiger partial charge in [-0.1, -0.05) is 49.9 Å². The molecule has 0 aliphatic carbocycles. The lowest BCUT2D eigenvalue weighted by Crippen LogP contribution is -2.45. The van der Waals surface area contributed by atoms with Crippen molar-refractivity contribution in [2.45, 2.75) is 59.3 Å². The number of benzene rings is 1. The molecule has 1 aliphatic heterocycles. The zero-order valence-corrected chi connectivity index (χ0v) is 19.0. The molecular weight excluding hydrogens is 407 g/mol. The zero-order chi connectivity index (χ0) is 21.0. The second kappa shape index (κ2) is 9.96. The van der Waals surface area contributed by atoms with Crippen molar-refractivity contribution in [3.05, 3.63) is 45.2 Å². The van der Waals surface area contributed by atoms with Crippen molar-refractivity contribution in [3.8, 4) is 5.69 Å². The van der Waals surface area contributed by atoms with Gasteiger partial charge in [0.25, 0.3) is 5.91 Å². The zero-order valence-electron chi connectivity index (χ0n) is 17.5. The van der Waals surface area contributed by atoms with Crippen molar-refractivity contribution in [3.63, 3.8) is 0 Å². The highest BCUT2D eigenvalue weighted by Crippen LogP contribution is 2.28. The first-order valence-corrected chi connectivity index (χ1v) is 11.2. The molecule has 1 aromatic heterocycles. The number of hydrazine groups is 1. The van der Waals surface area contributed by atoms with Crippen LogP contribution in [0, 0.1) is 12.8 Å². The second-order valence-electron chi connectivity index (χ2n) is 8.20. The molecular formula is C22H30Cl2N4O. The Labute approximate surface area is 183 Å². The number of carbonyl (C=O) groups is 1. The molecule has 29 heavy (non-hydrogen) atoms. The van der Waals surface area contributed by atoms with E-state index in [4.69, 9.17) is 23.2 Å². The van der Waals surface area contributed by atoms with Crippen molar-refractivity contribution in [1.29, 1.82) is 0 Å². The van der Waals surface area contributed by atoms with Crippen LogP contribution in [0.15, 0.2) is 18.2 Å². The maximum atomic E-state index is 13.0. The van der Waals surface area contributed by atoms with Gasteiger partial charge in [-0.15, -0.1) is 0 Å². The molecule has 0 atom stereocenters. The first-order valence-electron chi connectivity index (χ1n) is 10.5. The number of hydrogen-bond acceptors (Lipinski definition) is 3. The number of nitrogens with one attached hydrogen (secondary N) is 1. The smallest absolute Gasteiger partial charge is 0.283 e. The summed E-state index contributed by atoms with van der Waals surface area (Å²) in [7, 11) is 0. The lowest BCUT2D eigenvalue weighted by Gasteiger charge is -2.26. The van der Waals surface area contributed by atoms with Crippen LogP contribution in [0.3, 0.4) is 0 Å². The second-order valence-corrected chi connectivity index (χ2v) is 9.05. The average molecular weight is 437 g/mol. The fraction of sp³-hybridized carbons (Fsp3) is 0.545. The van der Waals surface area contributed by atoms with Gasteiger partial charge in [-0.2, -0.15) is 5.10 Å². The Hall–Kier alpha value is -1.56. The minimum Gasteiger partial charge on any atom is -0.283 e. The van der Waals surface area contributed by atoms with E-state index in [9.17, 15) is 4.79 Å². The number of carbonyl (C=O) groups excluding carboxylic acids is 1. The number of piperidine rings is 1. The van der Waals surface area contributed by atoms with Crippen molar-refractivity contribution in [2.75, 3.05) is 13.1 Å². The van der Waals surface area contributed by atoms with Gasteiger partial charge in [0.1, 0.15) is 0 Å². The van der Waals surface area contributed by atoms with Gasteiger partial charge in [0.2, 0.25) is 0 Å². The highest BCUT2D eigenvalue weighted by Gasteiger charge is 2.23. The molecule has 1 fully saturated rings. The quantitative estimate of drug-likeness (QED) is 0.614. The molecule has 0 radical (unpaired) electrons. The van der Waals surface area contributed by atoms with Gasteiger partial charge in [-0.25, -0.2) is 9.69 Å². The summed E-state index contributed by atoms with van der Waals surface area (Å²) in [5, 5.41) is 7.78. The summed E-state index contributed by atoms with van der Waals surface area (Å²) in [5.41, 5.74) is 6.17. The molecule has 0 saturated carbocycles. The van der Waals surface area contributed by atoms with E-state index in [1.807, 2.05) is 22.7 Å². The Kier molecular flexibility index (Phi) is 7.60. The maximum Gasteiger partial charge on any atom is 0.286 e. The van der Waals surface area contributed by atoms with Crippen LogP contribution in [-0.2, 0) is 6.42 Å². The van der Waals surface area contributed by atoms with Crippen molar-refractivity contribution < 1.29 is 4.79 Å². The largest absolute Gasteiger partial charge is 0.286 e. The van der Waals surface area contributed by atoms with Gasteiger partial charge >= 0.3 is 0 Å². The Morgan fingerprint density at radius 3 is 2.59 bits per heavy atom. The Bertz CT molecular complexity index is 857. The Balaban J connectivity index is 1.92. The summed E-state index contributed by atoms with van der Waals surface area (Å²) >= 11 is 12.5. The number of hydrogen-bond donors (Lipinski definition) is 1. The number of rotatable bonds is 7. The topological polar surface area (TPSA) is 50.2 Å². The van der Waals surface area contributed by atoms with E-state index in [0.717, 1.165) is 62.1 Å². The van der Waals surface area contributed by atoms with E-state index in [1.165, 1.54) is 6.42 Å². The Morgan fingerprint density at radius 1 is 1.21 bits per heavy atom. The van der Waals surface area contributed by atoms with Gasteiger partial charge in [0.05, 0.1) is 10.7 Å². The summed E-state index contributed by atoms with van der Waals surface area (Å²) in [6.45, 7) is 8.18. The van der Waals surface area contributed by atoms with Gasteiger partial charge in [0.15, 0.2) is 5.69 Å². The molecule has 2 aromatic rings. The summed E-state index contributed by atoms with van der Waals surface area (Å²) in [6.07, 6.45) is 6.42. The third kappa shape index (κ3) is 5.53. The van der Waals surface area contributed by atoms with Crippen LogP contribution >= 0.6 is 23.2 Å². The molecule has 1 N–H and O–H groups in total. The minimum absolute atomic E-state index is 0.154. The first kappa shape index (κ1) is 22.1. The number of nitrogens with zero attached hydrogens (tertiary/aromatic N) is 3. The van der Waals surface area contributed by atoms with E-state index in [1.54, 1.807) is 12.1 Å². The molecule has 0 spiro atoms. The van der Waals surface area contributed by atoms with Crippen molar-refractivity contribution >= 4 is 29.1 Å². The van der Waals surface area contributed by atoms with Gasteiger partial charge < -0.3 is 0 Å².